The number of para-hydroxylation sites is 1. The van der Waals surface area contributed by atoms with Crippen molar-refractivity contribution >= 4 is 29.2 Å². The van der Waals surface area contributed by atoms with Gasteiger partial charge in [-0.2, -0.15) is 4.98 Å². The van der Waals surface area contributed by atoms with Gasteiger partial charge in [-0.15, -0.1) is 0 Å². The van der Waals surface area contributed by atoms with Crippen molar-refractivity contribution in [2.24, 2.45) is 4.99 Å². The summed E-state index contributed by atoms with van der Waals surface area (Å²) in [6.45, 7) is 0.413. The van der Waals surface area contributed by atoms with E-state index in [1.165, 1.54) is 12.8 Å². The summed E-state index contributed by atoms with van der Waals surface area (Å²) in [5, 5.41) is 8.50. The molecule has 136 valence electrons. The lowest BCUT2D eigenvalue weighted by atomic mass is 10.1. The van der Waals surface area contributed by atoms with Gasteiger partial charge in [0.1, 0.15) is 6.67 Å². The summed E-state index contributed by atoms with van der Waals surface area (Å²) < 4.78 is 7.48. The highest BCUT2D eigenvalue weighted by atomic mass is 35.5. The molecule has 0 atom stereocenters. The van der Waals surface area contributed by atoms with Crippen LogP contribution in [0.4, 0.5) is 11.8 Å². The van der Waals surface area contributed by atoms with Crippen LogP contribution in [0.2, 0.25) is 5.28 Å². The molecule has 2 aromatic heterocycles. The number of hydrogen-bond donors (Lipinski definition) is 0. The summed E-state index contributed by atoms with van der Waals surface area (Å²) >= 11 is 6.38. The summed E-state index contributed by atoms with van der Waals surface area (Å²) in [7, 11) is 0. The van der Waals surface area contributed by atoms with Crippen molar-refractivity contribution in [1.29, 1.82) is 0 Å². The first-order chi connectivity index (χ1) is 13.3. The van der Waals surface area contributed by atoms with Gasteiger partial charge < -0.3 is 4.52 Å². The molecule has 4 heterocycles. The molecule has 1 fully saturated rings. The summed E-state index contributed by atoms with van der Waals surface area (Å²) in [5.74, 6) is 3.25. The topological polar surface area (TPSA) is 75.6 Å². The van der Waals surface area contributed by atoms with Crippen LogP contribution < -0.4 is 10.0 Å². The van der Waals surface area contributed by atoms with Crippen LogP contribution in [0.1, 0.15) is 43.1 Å². The maximum Gasteiger partial charge on any atom is 0.287 e. The smallest absolute Gasteiger partial charge is 0.287 e. The van der Waals surface area contributed by atoms with Crippen LogP contribution in [-0.4, -0.2) is 32.2 Å². The number of hydrogen-bond acceptors (Lipinski definition) is 7. The number of rotatable bonds is 2. The van der Waals surface area contributed by atoms with Gasteiger partial charge in [-0.3, -0.25) is 4.57 Å². The molecule has 2 aliphatic heterocycles. The fraction of sp³-hybridized carbons (Fsp3) is 0.333. The second-order valence-electron chi connectivity index (χ2n) is 6.99. The standard InChI is InChI=1S/C18H16ClN7O/c19-17-20-9-14-25(17)13-8-4-3-7-12(13)15-21-10-24(26(14)15)18-22-16(27-23-18)11-5-1-2-6-11/h3-4,7-9,11H,1-2,5-6,10H2. The average Bonchev–Trinajstić information content (AvgIpc) is 3.46. The van der Waals surface area contributed by atoms with Crippen molar-refractivity contribution in [2.75, 3.05) is 16.7 Å². The lowest BCUT2D eigenvalue weighted by Gasteiger charge is -2.33. The van der Waals surface area contributed by atoms with E-state index in [0.717, 1.165) is 41.6 Å². The minimum atomic E-state index is 0.372. The molecule has 8 nitrogen and oxygen atoms in total. The van der Waals surface area contributed by atoms with E-state index in [9.17, 15) is 0 Å². The fourth-order valence-electron chi connectivity index (χ4n) is 4.18. The maximum atomic E-state index is 6.38. The van der Waals surface area contributed by atoms with Gasteiger partial charge in [-0.25, -0.2) is 20.0 Å². The van der Waals surface area contributed by atoms with Crippen LogP contribution in [0.5, 0.6) is 0 Å². The Bertz CT molecular complexity index is 1070. The van der Waals surface area contributed by atoms with Crippen LogP contribution in [0.3, 0.4) is 0 Å². The van der Waals surface area contributed by atoms with Crippen molar-refractivity contribution in [1.82, 2.24) is 19.7 Å². The van der Waals surface area contributed by atoms with Crippen molar-refractivity contribution < 1.29 is 4.52 Å². The zero-order valence-electron chi connectivity index (χ0n) is 14.4. The Labute approximate surface area is 160 Å². The highest BCUT2D eigenvalue weighted by Crippen LogP contribution is 2.39. The fourth-order valence-corrected chi connectivity index (χ4v) is 4.41. The number of imidazole rings is 1. The molecule has 3 aliphatic rings. The van der Waals surface area contributed by atoms with E-state index in [1.807, 2.05) is 38.9 Å². The maximum absolute atomic E-state index is 6.38. The number of benzene rings is 1. The second kappa shape index (κ2) is 5.56. The van der Waals surface area contributed by atoms with Crippen molar-refractivity contribution in [3.63, 3.8) is 0 Å². The molecule has 3 aromatic rings. The van der Waals surface area contributed by atoms with Gasteiger partial charge in [0, 0.05) is 11.5 Å². The molecule has 0 amide bonds. The second-order valence-corrected chi connectivity index (χ2v) is 7.32. The predicted octanol–water partition coefficient (Wildman–Crippen LogP) is 3.53. The van der Waals surface area contributed by atoms with Crippen LogP contribution in [0.25, 0.3) is 5.69 Å². The molecular formula is C18H16ClN7O. The monoisotopic (exact) mass is 381 g/mol. The van der Waals surface area contributed by atoms with Gasteiger partial charge in [-0.05, 0) is 41.7 Å². The molecule has 27 heavy (non-hydrogen) atoms. The highest BCUT2D eigenvalue weighted by Gasteiger charge is 2.39. The largest absolute Gasteiger partial charge is 0.337 e. The average molecular weight is 382 g/mol. The zero-order chi connectivity index (χ0) is 18.0. The Morgan fingerprint density at radius 1 is 1.15 bits per heavy atom. The van der Waals surface area contributed by atoms with Crippen molar-refractivity contribution in [3.05, 3.63) is 47.2 Å². The van der Waals surface area contributed by atoms with Crippen molar-refractivity contribution in [3.8, 4) is 5.69 Å². The van der Waals surface area contributed by atoms with E-state index in [-0.39, 0.29) is 0 Å². The molecule has 9 heteroatoms. The molecular weight excluding hydrogens is 366 g/mol. The van der Waals surface area contributed by atoms with Crippen molar-refractivity contribution in [2.45, 2.75) is 31.6 Å². The number of aliphatic imine (C=N–C) groups is 1. The zero-order valence-corrected chi connectivity index (χ0v) is 15.2. The summed E-state index contributed by atoms with van der Waals surface area (Å²) in [6, 6.07) is 8.02. The summed E-state index contributed by atoms with van der Waals surface area (Å²) in [5.41, 5.74) is 1.96. The van der Waals surface area contributed by atoms with E-state index in [2.05, 4.69) is 15.1 Å². The van der Waals surface area contributed by atoms with E-state index < -0.39 is 0 Å². The van der Waals surface area contributed by atoms with E-state index in [1.54, 1.807) is 6.20 Å². The lowest BCUT2D eigenvalue weighted by Crippen LogP contribution is -2.46. The predicted molar refractivity (Wildman–Crippen MR) is 100 cm³/mol. The van der Waals surface area contributed by atoms with Gasteiger partial charge in [0.25, 0.3) is 5.95 Å². The Kier molecular flexibility index (Phi) is 3.13. The van der Waals surface area contributed by atoms with E-state index in [0.29, 0.717) is 23.8 Å². The molecule has 0 bridgehead atoms. The Morgan fingerprint density at radius 2 is 2.00 bits per heavy atom. The number of fused-ring (bicyclic) bond motifs is 6. The molecule has 0 saturated heterocycles. The SMILES string of the molecule is Clc1ncc2n1-c1ccccc1C1=NCN(c3noc(C4CCCC4)n3)N12. The molecule has 1 aromatic carbocycles. The number of halogens is 1. The van der Waals surface area contributed by atoms with Crippen LogP contribution in [0, 0.1) is 0 Å². The van der Waals surface area contributed by atoms with Gasteiger partial charge in [0.15, 0.2) is 11.7 Å². The minimum absolute atomic E-state index is 0.372. The number of hydrazine groups is 1. The normalized spacial score (nSPS) is 18.5. The highest BCUT2D eigenvalue weighted by molar-refractivity contribution is 6.29. The van der Waals surface area contributed by atoms with Gasteiger partial charge in [0.05, 0.1) is 11.9 Å². The molecule has 6 rings (SSSR count). The first kappa shape index (κ1) is 15.2. The Hall–Kier alpha value is -2.87. The number of nitrogens with zero attached hydrogens (tertiary/aromatic N) is 7. The minimum Gasteiger partial charge on any atom is -0.337 e. The Balaban J connectivity index is 1.44. The molecule has 0 N–H and O–H groups in total. The van der Waals surface area contributed by atoms with E-state index >= 15 is 0 Å². The molecule has 0 unspecified atom stereocenters. The number of amidine groups is 1. The van der Waals surface area contributed by atoms with Gasteiger partial charge in [-0.1, -0.05) is 25.0 Å². The summed E-state index contributed by atoms with van der Waals surface area (Å²) in [6.07, 6.45) is 6.41. The van der Waals surface area contributed by atoms with Crippen LogP contribution in [0.15, 0.2) is 40.0 Å². The number of anilines is 2. The first-order valence-electron chi connectivity index (χ1n) is 9.10. The molecule has 1 aliphatic carbocycles. The molecule has 0 radical (unpaired) electrons. The number of aromatic nitrogens is 4. The quantitative estimate of drug-likeness (QED) is 0.676. The van der Waals surface area contributed by atoms with Crippen LogP contribution in [-0.2, 0) is 0 Å². The third-order valence-corrected chi connectivity index (χ3v) is 5.73. The van der Waals surface area contributed by atoms with Crippen LogP contribution >= 0.6 is 11.6 Å². The molecule has 0 spiro atoms. The molecule has 1 saturated carbocycles. The van der Waals surface area contributed by atoms with Gasteiger partial charge in [0.2, 0.25) is 11.2 Å². The Morgan fingerprint density at radius 3 is 2.89 bits per heavy atom. The third-order valence-electron chi connectivity index (χ3n) is 5.47. The third kappa shape index (κ3) is 2.10. The van der Waals surface area contributed by atoms with Gasteiger partial charge >= 0.3 is 0 Å². The summed E-state index contributed by atoms with van der Waals surface area (Å²) in [4.78, 5) is 13.7. The lowest BCUT2D eigenvalue weighted by molar-refractivity contribution is 0.353. The van der Waals surface area contributed by atoms with E-state index in [4.69, 9.17) is 21.1 Å². The first-order valence-corrected chi connectivity index (χ1v) is 9.48.